The molecule has 3 N–H and O–H groups in total. The third kappa shape index (κ3) is 5.81. The third-order valence-electron chi connectivity index (χ3n) is 4.52. The van der Waals surface area contributed by atoms with Gasteiger partial charge in [-0.15, -0.1) is 0 Å². The van der Waals surface area contributed by atoms with Crippen molar-refractivity contribution in [3.63, 3.8) is 0 Å². The van der Waals surface area contributed by atoms with Crippen LogP contribution < -0.4 is 15.4 Å². The van der Waals surface area contributed by atoms with Gasteiger partial charge in [-0.1, -0.05) is 25.1 Å². The summed E-state index contributed by atoms with van der Waals surface area (Å²) in [4.78, 5) is 36.5. The first-order chi connectivity index (χ1) is 13.8. The second-order valence-electron chi connectivity index (χ2n) is 6.93. The van der Waals surface area contributed by atoms with Crippen LogP contribution in [0, 0.1) is 0 Å². The van der Waals surface area contributed by atoms with Crippen LogP contribution in [0.5, 0.6) is 5.75 Å². The van der Waals surface area contributed by atoms with Crippen molar-refractivity contribution in [2.45, 2.75) is 32.2 Å². The minimum atomic E-state index is -1.17. The number of amides is 2. The van der Waals surface area contributed by atoms with Crippen LogP contribution in [0.4, 0.5) is 0 Å². The van der Waals surface area contributed by atoms with E-state index in [-0.39, 0.29) is 17.9 Å². The highest BCUT2D eigenvalue weighted by Crippen LogP contribution is 2.28. The van der Waals surface area contributed by atoms with Crippen LogP contribution in [0.2, 0.25) is 0 Å². The minimum Gasteiger partial charge on any atom is -0.497 e. The van der Waals surface area contributed by atoms with Crippen molar-refractivity contribution < 1.29 is 24.2 Å². The van der Waals surface area contributed by atoms with Gasteiger partial charge in [0.2, 0.25) is 0 Å². The zero-order valence-corrected chi connectivity index (χ0v) is 16.8. The average molecular weight is 398 g/mol. The Morgan fingerprint density at radius 2 is 1.69 bits per heavy atom. The maximum absolute atomic E-state index is 12.9. The van der Waals surface area contributed by atoms with Gasteiger partial charge in [0.05, 0.1) is 19.1 Å². The van der Waals surface area contributed by atoms with E-state index in [9.17, 15) is 19.5 Å². The molecule has 2 aromatic rings. The van der Waals surface area contributed by atoms with Crippen molar-refractivity contribution in [1.82, 2.24) is 10.6 Å². The van der Waals surface area contributed by atoms with E-state index >= 15 is 0 Å². The van der Waals surface area contributed by atoms with Gasteiger partial charge in [0.15, 0.2) is 0 Å². The first kappa shape index (κ1) is 21.9. The monoisotopic (exact) mass is 398 g/mol. The molecule has 0 bridgehead atoms. The van der Waals surface area contributed by atoms with E-state index in [1.165, 1.54) is 13.2 Å². The first-order valence-corrected chi connectivity index (χ1v) is 9.36. The number of hydrogen-bond donors (Lipinski definition) is 3. The van der Waals surface area contributed by atoms with Gasteiger partial charge in [0.25, 0.3) is 11.8 Å². The van der Waals surface area contributed by atoms with Crippen LogP contribution in [0.25, 0.3) is 0 Å². The lowest BCUT2D eigenvalue weighted by atomic mass is 9.88. The Bertz CT molecular complexity index is 896. The Labute approximate surface area is 170 Å². The molecule has 0 spiro atoms. The second kappa shape index (κ2) is 9.73. The van der Waals surface area contributed by atoms with E-state index in [1.807, 2.05) is 6.92 Å². The predicted molar refractivity (Wildman–Crippen MR) is 109 cm³/mol. The summed E-state index contributed by atoms with van der Waals surface area (Å²) < 4.78 is 5.21. The zero-order chi connectivity index (χ0) is 21.4. The molecule has 0 heterocycles. The van der Waals surface area contributed by atoms with Gasteiger partial charge in [-0.2, -0.15) is 0 Å². The molecule has 0 fully saturated rings. The van der Waals surface area contributed by atoms with Gasteiger partial charge >= 0.3 is 5.97 Å². The summed E-state index contributed by atoms with van der Waals surface area (Å²) in [5.41, 5.74) is 0.0725. The molecule has 0 aliphatic heterocycles. The van der Waals surface area contributed by atoms with Crippen LogP contribution in [0.15, 0.2) is 48.5 Å². The number of carbonyl (C=O) groups excluding carboxylic acids is 2. The number of carboxylic acid groups (broad SMARTS) is 1. The molecule has 29 heavy (non-hydrogen) atoms. The number of hydrogen-bond acceptors (Lipinski definition) is 4. The molecule has 0 saturated heterocycles. The number of carbonyl (C=O) groups is 3. The number of ether oxygens (including phenoxy) is 1. The minimum absolute atomic E-state index is 0.261. The highest BCUT2D eigenvalue weighted by molar-refractivity contribution is 6.00. The lowest BCUT2D eigenvalue weighted by Crippen LogP contribution is -2.45. The highest BCUT2D eigenvalue weighted by Gasteiger charge is 2.32. The summed E-state index contributed by atoms with van der Waals surface area (Å²) in [6, 6.07) is 13.2. The van der Waals surface area contributed by atoms with Gasteiger partial charge in [-0.05, 0) is 49.2 Å². The van der Waals surface area contributed by atoms with Crippen LogP contribution in [-0.2, 0) is 10.3 Å². The molecule has 0 aliphatic carbocycles. The third-order valence-corrected chi connectivity index (χ3v) is 4.52. The van der Waals surface area contributed by atoms with Crippen molar-refractivity contribution in [2.24, 2.45) is 0 Å². The lowest BCUT2D eigenvalue weighted by molar-refractivity contribution is -0.138. The summed E-state index contributed by atoms with van der Waals surface area (Å²) in [7, 11) is 1.52. The van der Waals surface area contributed by atoms with E-state index in [0.717, 1.165) is 6.42 Å². The lowest BCUT2D eigenvalue weighted by Gasteiger charge is -2.30. The van der Waals surface area contributed by atoms with Crippen molar-refractivity contribution in [3.8, 4) is 5.75 Å². The molecule has 2 aromatic carbocycles. The van der Waals surface area contributed by atoms with Gasteiger partial charge < -0.3 is 20.5 Å². The van der Waals surface area contributed by atoms with Gasteiger partial charge in [0, 0.05) is 17.7 Å². The Morgan fingerprint density at radius 1 is 1.03 bits per heavy atom. The number of rotatable bonds is 9. The molecule has 0 aromatic heterocycles. The van der Waals surface area contributed by atoms with Gasteiger partial charge in [-0.3, -0.25) is 14.4 Å². The number of nitrogens with one attached hydrogen (secondary N) is 2. The molecular weight excluding hydrogens is 372 g/mol. The van der Waals surface area contributed by atoms with Crippen LogP contribution in [0.3, 0.4) is 0 Å². The molecule has 0 radical (unpaired) electrons. The molecule has 0 aliphatic rings. The maximum atomic E-state index is 12.9. The van der Waals surface area contributed by atoms with Gasteiger partial charge in [0.1, 0.15) is 5.75 Å². The van der Waals surface area contributed by atoms with Crippen molar-refractivity contribution >= 4 is 17.8 Å². The molecule has 7 nitrogen and oxygen atoms in total. The highest BCUT2D eigenvalue weighted by atomic mass is 16.5. The topological polar surface area (TPSA) is 105 Å². The van der Waals surface area contributed by atoms with Crippen LogP contribution in [0.1, 0.15) is 53.0 Å². The fourth-order valence-corrected chi connectivity index (χ4v) is 2.95. The number of carboxylic acids is 1. The Kier molecular flexibility index (Phi) is 7.36. The van der Waals surface area contributed by atoms with E-state index in [1.54, 1.807) is 49.4 Å². The first-order valence-electron chi connectivity index (χ1n) is 9.36. The molecule has 1 unspecified atom stereocenters. The Morgan fingerprint density at radius 3 is 2.31 bits per heavy atom. The maximum Gasteiger partial charge on any atom is 0.306 e. The van der Waals surface area contributed by atoms with Crippen molar-refractivity contribution in [1.29, 1.82) is 0 Å². The smallest absolute Gasteiger partial charge is 0.306 e. The quantitative estimate of drug-likeness (QED) is 0.602. The van der Waals surface area contributed by atoms with Gasteiger partial charge in [-0.25, -0.2) is 0 Å². The number of benzene rings is 2. The normalized spacial score (nSPS) is 12.5. The van der Waals surface area contributed by atoms with Crippen molar-refractivity contribution in [3.05, 3.63) is 65.2 Å². The molecule has 7 heteroatoms. The number of methoxy groups -OCH3 is 1. The largest absolute Gasteiger partial charge is 0.497 e. The molecule has 2 rings (SSSR count). The summed E-state index contributed by atoms with van der Waals surface area (Å²) in [5.74, 6) is -1.23. The Hall–Kier alpha value is -3.35. The van der Waals surface area contributed by atoms with E-state index in [0.29, 0.717) is 23.4 Å². The standard InChI is InChI=1S/C22H26N2O5/c1-4-11-23-20(27)15-7-5-8-16(12-15)21(28)24-22(2,14-19(25)26)17-9-6-10-18(13-17)29-3/h5-10,12-13H,4,11,14H2,1-3H3,(H,23,27)(H,24,28)(H,25,26). The number of aliphatic carboxylic acids is 1. The summed E-state index contributed by atoms with van der Waals surface area (Å²) in [5, 5.41) is 15.0. The molecular formula is C22H26N2O5. The fraction of sp³-hybridized carbons (Fsp3) is 0.318. The van der Waals surface area contributed by atoms with Crippen LogP contribution >= 0.6 is 0 Å². The zero-order valence-electron chi connectivity index (χ0n) is 16.8. The van der Waals surface area contributed by atoms with E-state index < -0.39 is 17.4 Å². The fourth-order valence-electron chi connectivity index (χ4n) is 2.95. The van der Waals surface area contributed by atoms with E-state index in [4.69, 9.17) is 4.74 Å². The van der Waals surface area contributed by atoms with Crippen molar-refractivity contribution in [2.75, 3.05) is 13.7 Å². The summed E-state index contributed by atoms with van der Waals surface area (Å²) in [6.07, 6.45) is 0.489. The molecule has 154 valence electrons. The van der Waals surface area contributed by atoms with Crippen LogP contribution in [-0.4, -0.2) is 36.5 Å². The molecule has 1 atom stereocenters. The predicted octanol–water partition coefficient (Wildman–Crippen LogP) is 2.95. The molecule has 2 amide bonds. The SMILES string of the molecule is CCCNC(=O)c1cccc(C(=O)NC(C)(CC(=O)O)c2cccc(OC)c2)c1. The summed E-state index contributed by atoms with van der Waals surface area (Å²) in [6.45, 7) is 4.14. The summed E-state index contributed by atoms with van der Waals surface area (Å²) >= 11 is 0. The molecule has 0 saturated carbocycles. The Balaban J connectivity index is 2.30. The van der Waals surface area contributed by atoms with E-state index in [2.05, 4.69) is 10.6 Å². The average Bonchev–Trinajstić information content (AvgIpc) is 2.71. The second-order valence-corrected chi connectivity index (χ2v) is 6.93.